The van der Waals surface area contributed by atoms with Gasteiger partial charge in [0.05, 0.1) is 12.1 Å². The molecular weight excluding hydrogens is 196 g/mol. The van der Waals surface area contributed by atoms with Gasteiger partial charge in [-0.05, 0) is 12.1 Å². The molecule has 0 aliphatic heterocycles. The highest BCUT2D eigenvalue weighted by Crippen LogP contribution is 2.20. The first-order valence-corrected chi connectivity index (χ1v) is 3.87. The summed E-state index contributed by atoms with van der Waals surface area (Å²) in [4.78, 5) is 0. The fourth-order valence-corrected chi connectivity index (χ4v) is 0.933. The molecule has 0 unspecified atom stereocenters. The van der Waals surface area contributed by atoms with Crippen LogP contribution in [0.4, 0.5) is 8.78 Å². The maximum atomic E-state index is 13.1. The van der Waals surface area contributed by atoms with Crippen molar-refractivity contribution in [3.05, 3.63) is 34.4 Å². The molecule has 1 aromatic rings. The van der Waals surface area contributed by atoms with E-state index in [-0.39, 0.29) is 12.1 Å². The molecule has 0 aliphatic rings. The van der Waals surface area contributed by atoms with E-state index in [1.165, 1.54) is 6.07 Å². The minimum absolute atomic E-state index is 0.0526. The Morgan fingerprint density at radius 3 is 2.69 bits per heavy atom. The van der Waals surface area contributed by atoms with Gasteiger partial charge >= 0.3 is 0 Å². The maximum Gasteiger partial charge on any atom is 0.160 e. The van der Waals surface area contributed by atoms with E-state index in [4.69, 9.17) is 17.3 Å². The highest BCUT2D eigenvalue weighted by molar-refractivity contribution is 6.31. The van der Waals surface area contributed by atoms with Crippen molar-refractivity contribution in [1.82, 2.24) is 0 Å². The molecule has 0 saturated carbocycles. The first kappa shape index (κ1) is 9.97. The maximum absolute atomic E-state index is 13.1. The van der Waals surface area contributed by atoms with Gasteiger partial charge in [0.1, 0.15) is 10.8 Å². The van der Waals surface area contributed by atoms with Crippen molar-refractivity contribution in [3.8, 4) is 11.8 Å². The molecular formula is C9H6ClF2N. The predicted octanol–water partition coefficient (Wildman–Crippen LogP) is 1.93. The van der Waals surface area contributed by atoms with Gasteiger partial charge in [-0.3, -0.25) is 0 Å². The molecule has 0 bridgehead atoms. The summed E-state index contributed by atoms with van der Waals surface area (Å²) in [6.07, 6.45) is 0. The normalized spacial score (nSPS) is 9.23. The van der Waals surface area contributed by atoms with Gasteiger partial charge in [-0.1, -0.05) is 23.4 Å². The van der Waals surface area contributed by atoms with Gasteiger partial charge in [-0.15, -0.1) is 0 Å². The molecule has 0 radical (unpaired) electrons. The van der Waals surface area contributed by atoms with E-state index in [1.807, 2.05) is 0 Å². The zero-order chi connectivity index (χ0) is 9.84. The Kier molecular flexibility index (Phi) is 3.24. The Morgan fingerprint density at radius 1 is 1.38 bits per heavy atom. The standard InChI is InChI=1S/C9H6ClF2N/c10-8-7(11)4-3-6(9(8)12)2-1-5-13/h3-4H,5,13H2. The van der Waals surface area contributed by atoms with Crippen LogP contribution in [0.2, 0.25) is 5.02 Å². The number of hydrogen-bond acceptors (Lipinski definition) is 1. The molecule has 0 saturated heterocycles. The summed E-state index contributed by atoms with van der Waals surface area (Å²) in [6.45, 7) is 0.119. The monoisotopic (exact) mass is 201 g/mol. The number of rotatable bonds is 0. The lowest BCUT2D eigenvalue weighted by Crippen LogP contribution is -1.94. The minimum atomic E-state index is -0.845. The number of hydrogen-bond donors (Lipinski definition) is 1. The molecule has 68 valence electrons. The van der Waals surface area contributed by atoms with Crippen LogP contribution >= 0.6 is 11.6 Å². The molecule has 4 heteroatoms. The summed E-state index contributed by atoms with van der Waals surface area (Å²) in [6, 6.07) is 2.28. The molecule has 1 nitrogen and oxygen atoms in total. The molecule has 0 spiro atoms. The van der Waals surface area contributed by atoms with Crippen molar-refractivity contribution in [3.63, 3.8) is 0 Å². The van der Waals surface area contributed by atoms with E-state index in [2.05, 4.69) is 11.8 Å². The summed E-state index contributed by atoms with van der Waals surface area (Å²) in [5, 5.41) is -0.538. The number of benzene rings is 1. The summed E-state index contributed by atoms with van der Waals surface area (Å²) < 4.78 is 25.7. The van der Waals surface area contributed by atoms with Gasteiger partial charge in [-0.25, -0.2) is 8.78 Å². The molecule has 13 heavy (non-hydrogen) atoms. The van der Waals surface area contributed by atoms with Crippen molar-refractivity contribution in [2.24, 2.45) is 5.73 Å². The second kappa shape index (κ2) is 4.22. The van der Waals surface area contributed by atoms with Gasteiger partial charge in [0.2, 0.25) is 0 Å². The van der Waals surface area contributed by atoms with Gasteiger partial charge in [0, 0.05) is 0 Å². The van der Waals surface area contributed by atoms with E-state index < -0.39 is 16.7 Å². The van der Waals surface area contributed by atoms with Gasteiger partial charge < -0.3 is 5.73 Å². The zero-order valence-corrected chi connectivity index (χ0v) is 7.33. The lowest BCUT2D eigenvalue weighted by molar-refractivity contribution is 0.582. The highest BCUT2D eigenvalue weighted by atomic mass is 35.5. The van der Waals surface area contributed by atoms with Gasteiger partial charge in [0.15, 0.2) is 5.82 Å². The van der Waals surface area contributed by atoms with Crippen LogP contribution in [-0.4, -0.2) is 6.54 Å². The van der Waals surface area contributed by atoms with Crippen LogP contribution in [0.1, 0.15) is 5.56 Å². The lowest BCUT2D eigenvalue weighted by atomic mass is 10.2. The van der Waals surface area contributed by atoms with Crippen molar-refractivity contribution in [2.75, 3.05) is 6.54 Å². The average molecular weight is 202 g/mol. The highest BCUT2D eigenvalue weighted by Gasteiger charge is 2.09. The Bertz CT molecular complexity index is 379. The number of halogens is 3. The van der Waals surface area contributed by atoms with E-state index >= 15 is 0 Å². The largest absolute Gasteiger partial charge is 0.320 e. The van der Waals surface area contributed by atoms with Crippen molar-refractivity contribution in [1.29, 1.82) is 0 Å². The molecule has 0 heterocycles. The summed E-state index contributed by atoms with van der Waals surface area (Å²) in [5.74, 6) is 3.25. The predicted molar refractivity (Wildman–Crippen MR) is 47.3 cm³/mol. The van der Waals surface area contributed by atoms with Crippen molar-refractivity contribution < 1.29 is 8.78 Å². The Labute approximate surface area is 79.5 Å². The topological polar surface area (TPSA) is 26.0 Å². The average Bonchev–Trinajstić information content (AvgIpc) is 2.13. The number of nitrogens with two attached hydrogens (primary N) is 1. The third-order valence-electron chi connectivity index (χ3n) is 1.36. The second-order valence-electron chi connectivity index (χ2n) is 2.23. The first-order chi connectivity index (χ1) is 6.16. The van der Waals surface area contributed by atoms with Gasteiger partial charge in [0.25, 0.3) is 0 Å². The molecule has 2 N–H and O–H groups in total. The quantitative estimate of drug-likeness (QED) is 0.504. The molecule has 1 rings (SSSR count). The van der Waals surface area contributed by atoms with E-state index in [9.17, 15) is 8.78 Å². The first-order valence-electron chi connectivity index (χ1n) is 3.49. The van der Waals surface area contributed by atoms with Crippen LogP contribution in [0.3, 0.4) is 0 Å². The molecule has 0 aliphatic carbocycles. The SMILES string of the molecule is NCC#Cc1ccc(F)c(Cl)c1F. The van der Waals surface area contributed by atoms with Crippen LogP contribution in [-0.2, 0) is 0 Å². The third-order valence-corrected chi connectivity index (χ3v) is 1.71. The summed E-state index contributed by atoms with van der Waals surface area (Å²) >= 11 is 5.31. The molecule has 0 atom stereocenters. The van der Waals surface area contributed by atoms with Crippen LogP contribution in [0, 0.1) is 23.5 Å². The molecule has 0 aromatic heterocycles. The van der Waals surface area contributed by atoms with Crippen LogP contribution in [0.5, 0.6) is 0 Å². The van der Waals surface area contributed by atoms with E-state index in [1.54, 1.807) is 0 Å². The lowest BCUT2D eigenvalue weighted by Gasteiger charge is -1.97. The summed E-state index contributed by atoms with van der Waals surface area (Å²) in [5.41, 5.74) is 5.14. The molecule has 0 fully saturated rings. The van der Waals surface area contributed by atoms with Crippen LogP contribution in [0.25, 0.3) is 0 Å². The van der Waals surface area contributed by atoms with Crippen molar-refractivity contribution in [2.45, 2.75) is 0 Å². The van der Waals surface area contributed by atoms with Crippen LogP contribution < -0.4 is 5.73 Å². The van der Waals surface area contributed by atoms with Crippen molar-refractivity contribution >= 4 is 11.6 Å². The fraction of sp³-hybridized carbons (Fsp3) is 0.111. The summed E-state index contributed by atoms with van der Waals surface area (Å²) in [7, 11) is 0. The Morgan fingerprint density at radius 2 is 2.08 bits per heavy atom. The molecule has 0 amide bonds. The Balaban J connectivity index is 3.18. The fourth-order valence-electron chi connectivity index (χ4n) is 0.769. The minimum Gasteiger partial charge on any atom is -0.320 e. The zero-order valence-electron chi connectivity index (χ0n) is 6.57. The van der Waals surface area contributed by atoms with Crippen LogP contribution in [0.15, 0.2) is 12.1 Å². The van der Waals surface area contributed by atoms with E-state index in [0.717, 1.165) is 6.07 Å². The van der Waals surface area contributed by atoms with Gasteiger partial charge in [-0.2, -0.15) is 0 Å². The van der Waals surface area contributed by atoms with E-state index in [0.29, 0.717) is 0 Å². The third kappa shape index (κ3) is 2.18. The second-order valence-corrected chi connectivity index (χ2v) is 2.61. The Hall–Kier alpha value is -1.11. The molecule has 1 aromatic carbocycles. The smallest absolute Gasteiger partial charge is 0.160 e.